The predicted octanol–water partition coefficient (Wildman–Crippen LogP) is 1.35. The molecule has 0 N–H and O–H groups in total. The smallest absolute Gasteiger partial charge is 0.170 e. The second-order valence-electron chi connectivity index (χ2n) is 3.26. The molecule has 0 aromatic heterocycles. The first kappa shape index (κ1) is 12.1. The van der Waals surface area contributed by atoms with E-state index in [0.717, 1.165) is 0 Å². The van der Waals surface area contributed by atoms with Crippen LogP contribution in [-0.2, 0) is 9.53 Å². The monoisotopic (exact) mass is 217 g/mol. The van der Waals surface area contributed by atoms with Crippen LogP contribution in [0.2, 0.25) is 0 Å². The normalized spacial score (nSPS) is 9.50. The third kappa shape index (κ3) is 3.30. The van der Waals surface area contributed by atoms with Crippen molar-refractivity contribution in [3.05, 3.63) is 35.4 Å². The third-order valence-electron chi connectivity index (χ3n) is 2.00. The lowest BCUT2D eigenvalue weighted by Gasteiger charge is -2.00. The summed E-state index contributed by atoms with van der Waals surface area (Å²) in [5.41, 5.74) is 0.920. The highest BCUT2D eigenvalue weighted by Gasteiger charge is 2.11. The third-order valence-corrected chi connectivity index (χ3v) is 2.00. The Labute approximate surface area is 93.5 Å². The van der Waals surface area contributed by atoms with Crippen molar-refractivity contribution in [3.63, 3.8) is 0 Å². The summed E-state index contributed by atoms with van der Waals surface area (Å²) in [6.07, 6.45) is -0.167. The van der Waals surface area contributed by atoms with Gasteiger partial charge in [0.1, 0.15) is 6.61 Å². The van der Waals surface area contributed by atoms with E-state index in [2.05, 4.69) is 4.74 Å². The largest absolute Gasteiger partial charge is 0.377 e. The van der Waals surface area contributed by atoms with Crippen molar-refractivity contribution in [1.82, 2.24) is 0 Å². The number of ether oxygens (including phenoxy) is 1. The fraction of sp³-hybridized carbons (Fsp3) is 0.250. The number of rotatable bonds is 5. The van der Waals surface area contributed by atoms with Gasteiger partial charge in [0.05, 0.1) is 18.1 Å². The van der Waals surface area contributed by atoms with Gasteiger partial charge in [-0.25, -0.2) is 0 Å². The summed E-state index contributed by atoms with van der Waals surface area (Å²) in [6.45, 7) is -0.0536. The van der Waals surface area contributed by atoms with E-state index in [-0.39, 0.29) is 24.6 Å². The Hall–Kier alpha value is -1.99. The van der Waals surface area contributed by atoms with E-state index in [9.17, 15) is 9.59 Å². The van der Waals surface area contributed by atoms with Crippen molar-refractivity contribution in [3.8, 4) is 6.07 Å². The number of nitriles is 1. The van der Waals surface area contributed by atoms with Crippen molar-refractivity contribution in [2.24, 2.45) is 0 Å². The van der Waals surface area contributed by atoms with Crippen molar-refractivity contribution in [1.29, 1.82) is 5.26 Å². The van der Waals surface area contributed by atoms with E-state index in [1.165, 1.54) is 7.11 Å². The molecule has 1 rings (SSSR count). The fourth-order valence-electron chi connectivity index (χ4n) is 1.22. The van der Waals surface area contributed by atoms with Crippen LogP contribution in [-0.4, -0.2) is 25.3 Å². The molecular formula is C12H11NO3. The van der Waals surface area contributed by atoms with Crippen LogP contribution < -0.4 is 0 Å². The van der Waals surface area contributed by atoms with E-state index in [1.807, 2.05) is 6.07 Å². The lowest BCUT2D eigenvalue weighted by molar-refractivity contribution is -0.121. The standard InChI is InChI=1S/C12H11NO3/c1-16-8-11(14)6-12(15)10-4-2-9(7-13)3-5-10/h2-5H,6,8H2,1H3. The number of hydrogen-bond acceptors (Lipinski definition) is 4. The summed E-state index contributed by atoms with van der Waals surface area (Å²) in [5, 5.41) is 8.58. The number of ketones is 2. The van der Waals surface area contributed by atoms with Crippen LogP contribution in [0.1, 0.15) is 22.3 Å². The molecule has 0 radical (unpaired) electrons. The van der Waals surface area contributed by atoms with Gasteiger partial charge >= 0.3 is 0 Å². The first-order valence-electron chi connectivity index (χ1n) is 4.71. The Morgan fingerprint density at radius 1 is 1.31 bits per heavy atom. The van der Waals surface area contributed by atoms with Gasteiger partial charge in [-0.2, -0.15) is 5.26 Å². The zero-order valence-corrected chi connectivity index (χ0v) is 8.90. The molecular weight excluding hydrogens is 206 g/mol. The molecule has 1 aromatic carbocycles. The highest BCUT2D eigenvalue weighted by atomic mass is 16.5. The summed E-state index contributed by atoms with van der Waals surface area (Å²) in [6, 6.07) is 8.14. The van der Waals surface area contributed by atoms with Crippen molar-refractivity contribution in [2.75, 3.05) is 13.7 Å². The minimum atomic E-state index is -0.258. The molecule has 0 heterocycles. The predicted molar refractivity (Wildman–Crippen MR) is 57.0 cm³/mol. The molecule has 1 aromatic rings. The molecule has 0 bridgehead atoms. The topological polar surface area (TPSA) is 67.2 Å². The van der Waals surface area contributed by atoms with Crippen LogP contribution in [0.4, 0.5) is 0 Å². The van der Waals surface area contributed by atoms with Crippen LogP contribution in [0.5, 0.6) is 0 Å². The molecule has 0 atom stereocenters. The van der Waals surface area contributed by atoms with E-state index < -0.39 is 0 Å². The molecule has 82 valence electrons. The van der Waals surface area contributed by atoms with Gasteiger partial charge in [0.25, 0.3) is 0 Å². The van der Waals surface area contributed by atoms with E-state index in [4.69, 9.17) is 5.26 Å². The average molecular weight is 217 g/mol. The number of Topliss-reactive ketones (excluding diaryl/α,β-unsaturated/α-hetero) is 2. The van der Waals surface area contributed by atoms with Crippen LogP contribution in [0.25, 0.3) is 0 Å². The minimum Gasteiger partial charge on any atom is -0.377 e. The van der Waals surface area contributed by atoms with Crippen LogP contribution in [0.15, 0.2) is 24.3 Å². The van der Waals surface area contributed by atoms with Gasteiger partial charge in [0.15, 0.2) is 11.6 Å². The Balaban J connectivity index is 2.67. The Kier molecular flexibility index (Phi) is 4.37. The summed E-state index contributed by atoms with van der Waals surface area (Å²) in [4.78, 5) is 22.7. The quantitative estimate of drug-likeness (QED) is 0.551. The highest BCUT2D eigenvalue weighted by molar-refractivity contribution is 6.08. The molecule has 0 saturated carbocycles. The molecule has 0 aliphatic heterocycles. The number of carbonyl (C=O) groups is 2. The molecule has 4 heteroatoms. The number of benzene rings is 1. The molecule has 16 heavy (non-hydrogen) atoms. The Morgan fingerprint density at radius 2 is 1.94 bits per heavy atom. The van der Waals surface area contributed by atoms with Crippen LogP contribution in [0, 0.1) is 11.3 Å². The number of nitrogens with zero attached hydrogens (tertiary/aromatic N) is 1. The molecule has 4 nitrogen and oxygen atoms in total. The second-order valence-corrected chi connectivity index (χ2v) is 3.26. The second kappa shape index (κ2) is 5.79. The molecule has 0 amide bonds. The fourth-order valence-corrected chi connectivity index (χ4v) is 1.22. The van der Waals surface area contributed by atoms with Gasteiger partial charge in [-0.1, -0.05) is 12.1 Å². The molecule has 0 spiro atoms. The average Bonchev–Trinajstić information content (AvgIpc) is 2.29. The maximum absolute atomic E-state index is 11.6. The first-order valence-corrected chi connectivity index (χ1v) is 4.71. The molecule has 0 fully saturated rings. The molecule has 0 saturated heterocycles. The lowest BCUT2D eigenvalue weighted by Crippen LogP contribution is -2.12. The zero-order valence-electron chi connectivity index (χ0n) is 8.90. The summed E-state index contributed by atoms with van der Waals surface area (Å²) < 4.78 is 4.63. The Morgan fingerprint density at radius 3 is 2.44 bits per heavy atom. The van der Waals surface area contributed by atoms with Crippen LogP contribution >= 0.6 is 0 Å². The molecule has 0 aliphatic rings. The lowest BCUT2D eigenvalue weighted by atomic mass is 10.0. The van der Waals surface area contributed by atoms with E-state index in [1.54, 1.807) is 24.3 Å². The summed E-state index contributed by atoms with van der Waals surface area (Å²) in [7, 11) is 1.41. The number of carbonyl (C=O) groups excluding carboxylic acids is 2. The van der Waals surface area contributed by atoms with Gasteiger partial charge in [0, 0.05) is 12.7 Å². The van der Waals surface area contributed by atoms with Crippen LogP contribution in [0.3, 0.4) is 0 Å². The van der Waals surface area contributed by atoms with Crippen molar-refractivity contribution in [2.45, 2.75) is 6.42 Å². The van der Waals surface area contributed by atoms with Crippen molar-refractivity contribution < 1.29 is 14.3 Å². The summed E-state index contributed by atoms with van der Waals surface area (Å²) in [5.74, 6) is -0.511. The van der Waals surface area contributed by atoms with Crippen molar-refractivity contribution >= 4 is 11.6 Å². The maximum Gasteiger partial charge on any atom is 0.170 e. The first-order chi connectivity index (χ1) is 7.67. The SMILES string of the molecule is COCC(=O)CC(=O)c1ccc(C#N)cc1. The van der Waals surface area contributed by atoms with Gasteiger partial charge in [-0.05, 0) is 12.1 Å². The molecule has 0 unspecified atom stereocenters. The highest BCUT2D eigenvalue weighted by Crippen LogP contribution is 2.06. The molecule has 0 aliphatic carbocycles. The minimum absolute atomic E-state index is 0.0536. The van der Waals surface area contributed by atoms with Gasteiger partial charge in [0.2, 0.25) is 0 Å². The zero-order chi connectivity index (χ0) is 12.0. The van der Waals surface area contributed by atoms with E-state index in [0.29, 0.717) is 11.1 Å². The van der Waals surface area contributed by atoms with E-state index >= 15 is 0 Å². The maximum atomic E-state index is 11.6. The van der Waals surface area contributed by atoms with Gasteiger partial charge < -0.3 is 4.74 Å². The Bertz CT molecular complexity index is 429. The number of methoxy groups -OCH3 is 1. The van der Waals surface area contributed by atoms with Gasteiger partial charge in [-0.15, -0.1) is 0 Å². The van der Waals surface area contributed by atoms with Gasteiger partial charge in [-0.3, -0.25) is 9.59 Å². The summed E-state index contributed by atoms with van der Waals surface area (Å²) >= 11 is 0. The number of hydrogen-bond donors (Lipinski definition) is 0.